The lowest BCUT2D eigenvalue weighted by molar-refractivity contribution is 0.171. The van der Waals surface area contributed by atoms with Crippen molar-refractivity contribution in [1.29, 1.82) is 5.41 Å². The van der Waals surface area contributed by atoms with Gasteiger partial charge in [-0.2, -0.15) is 0 Å². The van der Waals surface area contributed by atoms with Gasteiger partial charge in [0.1, 0.15) is 24.7 Å². The molecular formula is C21H24N2O4. The summed E-state index contributed by atoms with van der Waals surface area (Å²) in [5.74, 6) is 1.21. The zero-order valence-electron chi connectivity index (χ0n) is 15.7. The zero-order valence-corrected chi connectivity index (χ0v) is 15.7. The van der Waals surface area contributed by atoms with Crippen LogP contribution in [0.15, 0.2) is 36.0 Å². The van der Waals surface area contributed by atoms with Crippen molar-refractivity contribution in [2.24, 2.45) is 0 Å². The van der Waals surface area contributed by atoms with Gasteiger partial charge in [0.2, 0.25) is 0 Å². The van der Waals surface area contributed by atoms with Gasteiger partial charge in [-0.3, -0.25) is 5.41 Å². The number of fused-ring (bicyclic) bond motifs is 1. The molecule has 4 N–H and O–H groups in total. The molecule has 0 saturated carbocycles. The van der Waals surface area contributed by atoms with Crippen molar-refractivity contribution >= 4 is 11.3 Å². The molecule has 0 amide bonds. The molecular weight excluding hydrogens is 344 g/mol. The van der Waals surface area contributed by atoms with Crippen LogP contribution in [0.25, 0.3) is 5.57 Å². The summed E-state index contributed by atoms with van der Waals surface area (Å²) in [6.07, 6.45) is 0.598. The van der Waals surface area contributed by atoms with Gasteiger partial charge >= 0.3 is 0 Å². The number of nitrogens with one attached hydrogen (secondary N) is 2. The second-order valence-corrected chi connectivity index (χ2v) is 6.34. The summed E-state index contributed by atoms with van der Waals surface area (Å²) in [5, 5.41) is 32.2. The number of phenolic OH excluding ortho intramolecular Hbond substituents is 2. The summed E-state index contributed by atoms with van der Waals surface area (Å²) in [6, 6.07) is 8.49. The highest BCUT2D eigenvalue weighted by molar-refractivity contribution is 6.31. The fourth-order valence-corrected chi connectivity index (χ4v) is 3.11. The number of hydrogen-bond donors (Lipinski definition) is 4. The van der Waals surface area contributed by atoms with Gasteiger partial charge in [-0.1, -0.05) is 13.0 Å². The Morgan fingerprint density at radius 2 is 1.78 bits per heavy atom. The van der Waals surface area contributed by atoms with E-state index in [-0.39, 0.29) is 17.2 Å². The Hall–Kier alpha value is -3.15. The lowest BCUT2D eigenvalue weighted by atomic mass is 9.92. The molecule has 6 nitrogen and oxygen atoms in total. The molecule has 2 aromatic rings. The molecule has 142 valence electrons. The topological polar surface area (TPSA) is 94.8 Å². The van der Waals surface area contributed by atoms with Crippen LogP contribution in [0.5, 0.6) is 23.0 Å². The van der Waals surface area contributed by atoms with E-state index in [1.54, 1.807) is 13.1 Å². The second-order valence-electron chi connectivity index (χ2n) is 6.34. The zero-order chi connectivity index (χ0) is 19.6. The van der Waals surface area contributed by atoms with Gasteiger partial charge < -0.3 is 25.0 Å². The number of hydrogen-bond acceptors (Lipinski definition) is 6. The fourth-order valence-electron chi connectivity index (χ4n) is 3.11. The summed E-state index contributed by atoms with van der Waals surface area (Å²) < 4.78 is 11.2. The number of benzene rings is 2. The predicted octanol–water partition coefficient (Wildman–Crippen LogP) is 3.45. The number of ether oxygens (including phenoxy) is 2. The van der Waals surface area contributed by atoms with E-state index in [0.29, 0.717) is 47.8 Å². The molecule has 0 saturated heterocycles. The number of aryl methyl sites for hydroxylation is 1. The normalized spacial score (nSPS) is 13.7. The van der Waals surface area contributed by atoms with Gasteiger partial charge in [0, 0.05) is 29.9 Å². The van der Waals surface area contributed by atoms with E-state index in [4.69, 9.17) is 14.9 Å². The van der Waals surface area contributed by atoms with Gasteiger partial charge in [-0.25, -0.2) is 0 Å². The molecule has 6 heteroatoms. The maximum atomic E-state index is 10.3. The minimum absolute atomic E-state index is 0.0294. The molecule has 0 atom stereocenters. The number of allylic oxidation sites excluding steroid dienone is 2. The Morgan fingerprint density at radius 3 is 2.44 bits per heavy atom. The molecule has 0 bridgehead atoms. The summed E-state index contributed by atoms with van der Waals surface area (Å²) in [4.78, 5) is 0. The standard InChI is InChI=1S/C21H24N2O4/c1-4-13-9-15(17(25)11-16(13)24)21(22)20(12(2)23-3)14-5-6-18-19(10-14)27-8-7-26-18/h5-6,9-11,22-25H,4,7-8H2,1-3H3/b20-12-,22-21?. The van der Waals surface area contributed by atoms with Crippen LogP contribution in [0.2, 0.25) is 0 Å². The molecule has 27 heavy (non-hydrogen) atoms. The molecule has 1 aliphatic rings. The first-order valence-electron chi connectivity index (χ1n) is 8.89. The van der Waals surface area contributed by atoms with Gasteiger partial charge in [-0.05, 0) is 42.7 Å². The van der Waals surface area contributed by atoms with E-state index < -0.39 is 0 Å². The first kappa shape index (κ1) is 18.6. The maximum absolute atomic E-state index is 10.3. The molecule has 3 rings (SSSR count). The first-order chi connectivity index (χ1) is 13.0. The minimum atomic E-state index is -0.131. The molecule has 0 spiro atoms. The Bertz CT molecular complexity index is 919. The van der Waals surface area contributed by atoms with E-state index in [1.807, 2.05) is 32.0 Å². The van der Waals surface area contributed by atoms with Gasteiger partial charge in [0.15, 0.2) is 11.5 Å². The third-order valence-corrected chi connectivity index (χ3v) is 4.68. The molecule has 1 heterocycles. The number of aromatic hydroxyl groups is 2. The summed E-state index contributed by atoms with van der Waals surface area (Å²) in [6.45, 7) is 4.78. The fraction of sp³-hybridized carbons (Fsp3) is 0.286. The lowest BCUT2D eigenvalue weighted by Crippen LogP contribution is -2.16. The van der Waals surface area contributed by atoms with Crippen LogP contribution < -0.4 is 14.8 Å². The smallest absolute Gasteiger partial charge is 0.161 e. The number of phenols is 2. The van der Waals surface area contributed by atoms with E-state index in [9.17, 15) is 10.2 Å². The third-order valence-electron chi connectivity index (χ3n) is 4.68. The highest BCUT2D eigenvalue weighted by Gasteiger charge is 2.21. The largest absolute Gasteiger partial charge is 0.508 e. The van der Waals surface area contributed by atoms with E-state index in [2.05, 4.69) is 5.32 Å². The van der Waals surface area contributed by atoms with Crippen LogP contribution in [-0.4, -0.2) is 36.2 Å². The second kappa shape index (κ2) is 7.61. The molecule has 1 aliphatic heterocycles. The van der Waals surface area contributed by atoms with E-state index in [0.717, 1.165) is 11.3 Å². The van der Waals surface area contributed by atoms with Crippen molar-refractivity contribution in [3.05, 3.63) is 52.7 Å². The molecule has 0 fully saturated rings. The Balaban J connectivity index is 2.11. The van der Waals surface area contributed by atoms with Gasteiger partial charge in [0.05, 0.1) is 5.71 Å². The first-order valence-corrected chi connectivity index (χ1v) is 8.89. The van der Waals surface area contributed by atoms with Crippen molar-refractivity contribution in [2.45, 2.75) is 20.3 Å². The SMILES string of the molecule is CCc1cc(C(=N)/C(=C(/C)NC)c2ccc3c(c2)OCCO3)c(O)cc1O. The predicted molar refractivity (Wildman–Crippen MR) is 105 cm³/mol. The van der Waals surface area contributed by atoms with Gasteiger partial charge in [0.25, 0.3) is 0 Å². The Morgan fingerprint density at radius 1 is 1.07 bits per heavy atom. The van der Waals surface area contributed by atoms with E-state index >= 15 is 0 Å². The summed E-state index contributed by atoms with van der Waals surface area (Å²) >= 11 is 0. The van der Waals surface area contributed by atoms with Crippen LogP contribution in [0.4, 0.5) is 0 Å². The Kier molecular flexibility index (Phi) is 5.26. The molecule has 0 radical (unpaired) electrons. The summed E-state index contributed by atoms with van der Waals surface area (Å²) in [7, 11) is 1.79. The van der Waals surface area contributed by atoms with Crippen molar-refractivity contribution in [3.8, 4) is 23.0 Å². The van der Waals surface area contributed by atoms with Crippen LogP contribution in [0, 0.1) is 5.41 Å². The van der Waals surface area contributed by atoms with Crippen molar-refractivity contribution < 1.29 is 19.7 Å². The average molecular weight is 368 g/mol. The van der Waals surface area contributed by atoms with Crippen molar-refractivity contribution in [2.75, 3.05) is 20.3 Å². The molecule has 2 aromatic carbocycles. The minimum Gasteiger partial charge on any atom is -0.508 e. The average Bonchev–Trinajstić information content (AvgIpc) is 2.68. The maximum Gasteiger partial charge on any atom is 0.161 e. The molecule has 0 aliphatic carbocycles. The molecule has 0 unspecified atom stereocenters. The highest BCUT2D eigenvalue weighted by Crippen LogP contribution is 2.36. The van der Waals surface area contributed by atoms with E-state index in [1.165, 1.54) is 6.07 Å². The van der Waals surface area contributed by atoms with Crippen LogP contribution in [0.3, 0.4) is 0 Å². The summed E-state index contributed by atoms with van der Waals surface area (Å²) in [5.41, 5.74) is 3.40. The number of rotatable bonds is 5. The lowest BCUT2D eigenvalue weighted by Gasteiger charge is -2.21. The molecule has 0 aromatic heterocycles. The monoisotopic (exact) mass is 368 g/mol. The van der Waals surface area contributed by atoms with Crippen LogP contribution in [0.1, 0.15) is 30.5 Å². The quantitative estimate of drug-likeness (QED) is 0.607. The van der Waals surface area contributed by atoms with Crippen molar-refractivity contribution in [3.63, 3.8) is 0 Å². The van der Waals surface area contributed by atoms with Crippen molar-refractivity contribution in [1.82, 2.24) is 5.32 Å². The highest BCUT2D eigenvalue weighted by atomic mass is 16.6. The Labute approximate surface area is 158 Å². The third kappa shape index (κ3) is 3.56. The van der Waals surface area contributed by atoms with Crippen LogP contribution in [-0.2, 0) is 6.42 Å². The van der Waals surface area contributed by atoms with Gasteiger partial charge in [-0.15, -0.1) is 0 Å². The van der Waals surface area contributed by atoms with Crippen LogP contribution >= 0.6 is 0 Å².